The van der Waals surface area contributed by atoms with Crippen molar-refractivity contribution in [2.45, 2.75) is 20.8 Å². The topological polar surface area (TPSA) is 73.4 Å². The molecular weight excluding hydrogens is 478 g/mol. The third-order valence-corrected chi connectivity index (χ3v) is 6.85. The normalized spacial score (nSPS) is 11.3. The predicted octanol–water partition coefficient (Wildman–Crippen LogP) is 5.11. The molecule has 0 saturated heterocycles. The lowest BCUT2D eigenvalue weighted by Gasteiger charge is -2.23. The van der Waals surface area contributed by atoms with Gasteiger partial charge in [0.25, 0.3) is 5.91 Å². The fraction of sp³-hybridized carbons (Fsp3) is 0.407. The minimum Gasteiger partial charge on any atom is -0.493 e. The van der Waals surface area contributed by atoms with Crippen molar-refractivity contribution in [3.05, 3.63) is 42.0 Å². The van der Waals surface area contributed by atoms with Crippen LogP contribution in [0.15, 0.2) is 36.4 Å². The van der Waals surface area contributed by atoms with Gasteiger partial charge in [-0.2, -0.15) is 0 Å². The van der Waals surface area contributed by atoms with Gasteiger partial charge >= 0.3 is 0 Å². The molecule has 0 aliphatic carbocycles. The molecule has 194 valence electrons. The predicted molar refractivity (Wildman–Crippen MR) is 146 cm³/mol. The Balaban J connectivity index is 1.95. The van der Waals surface area contributed by atoms with E-state index < -0.39 is 0 Å². The molecule has 0 N–H and O–H groups in total. The second kappa shape index (κ2) is 13.1. The minimum atomic E-state index is -0.159. The first-order valence-corrected chi connectivity index (χ1v) is 12.8. The molecule has 0 unspecified atom stereocenters. The van der Waals surface area contributed by atoms with E-state index in [4.69, 9.17) is 23.9 Å². The van der Waals surface area contributed by atoms with E-state index >= 15 is 0 Å². The lowest BCUT2D eigenvalue weighted by Crippen LogP contribution is -2.38. The number of methoxy groups -OCH3 is 3. The van der Waals surface area contributed by atoms with E-state index in [0.717, 1.165) is 41.2 Å². The molecule has 3 aromatic rings. The Morgan fingerprint density at radius 3 is 2.25 bits per heavy atom. The molecule has 0 radical (unpaired) electrons. The number of amides is 1. The number of carbonyl (C=O) groups excluding carboxylic acids is 1. The van der Waals surface area contributed by atoms with Crippen molar-refractivity contribution >= 4 is 38.7 Å². The number of fused-ring (bicyclic) bond motifs is 1. The van der Waals surface area contributed by atoms with Crippen LogP contribution in [0.5, 0.6) is 23.0 Å². The number of carbonyl (C=O) groups is 1. The maximum absolute atomic E-state index is 13.5. The second-order valence-corrected chi connectivity index (χ2v) is 8.85. The zero-order valence-corrected chi connectivity index (χ0v) is 22.7. The van der Waals surface area contributed by atoms with Crippen LogP contribution in [0.4, 0.5) is 5.13 Å². The van der Waals surface area contributed by atoms with E-state index in [1.165, 1.54) is 11.3 Å². The number of thiazole rings is 1. The molecule has 0 aliphatic rings. The van der Waals surface area contributed by atoms with E-state index in [2.05, 4.69) is 18.7 Å². The van der Waals surface area contributed by atoms with Gasteiger partial charge < -0.3 is 23.8 Å². The van der Waals surface area contributed by atoms with Gasteiger partial charge in [-0.05, 0) is 55.9 Å². The van der Waals surface area contributed by atoms with Gasteiger partial charge in [-0.15, -0.1) is 0 Å². The number of hydrogen-bond donors (Lipinski definition) is 0. The van der Waals surface area contributed by atoms with Crippen molar-refractivity contribution in [1.29, 1.82) is 0 Å². The van der Waals surface area contributed by atoms with E-state index in [9.17, 15) is 4.79 Å². The Morgan fingerprint density at radius 2 is 1.67 bits per heavy atom. The molecule has 2 aromatic carbocycles. The Kier molecular flexibility index (Phi) is 9.95. The highest BCUT2D eigenvalue weighted by molar-refractivity contribution is 7.22. The van der Waals surface area contributed by atoms with E-state index in [0.29, 0.717) is 35.5 Å². The summed E-state index contributed by atoms with van der Waals surface area (Å²) < 4.78 is 23.0. The number of nitrogens with zero attached hydrogens (tertiary/aromatic N) is 3. The van der Waals surface area contributed by atoms with Gasteiger partial charge in [0, 0.05) is 19.2 Å². The summed E-state index contributed by atoms with van der Waals surface area (Å²) in [5.74, 6) is 2.12. The molecule has 0 aliphatic heterocycles. The number of aromatic nitrogens is 1. The molecule has 1 heterocycles. The Hall–Kier alpha value is -3.30. The van der Waals surface area contributed by atoms with Crippen molar-refractivity contribution in [3.63, 3.8) is 0 Å². The Morgan fingerprint density at radius 1 is 0.972 bits per heavy atom. The third kappa shape index (κ3) is 6.27. The standard InChI is InChI=1S/C27H35N3O5S/c1-7-29(8-2)15-16-30(27-28-25-20(35-9-3)11-10-12-23(25)36-27)24(31)14-13-19-17-21(32-4)26(34-6)22(18-19)33-5/h10-14,17-18H,7-9,15-16H2,1-6H3. The lowest BCUT2D eigenvalue weighted by atomic mass is 10.1. The smallest absolute Gasteiger partial charge is 0.252 e. The fourth-order valence-electron chi connectivity index (χ4n) is 3.84. The molecular formula is C27H35N3O5S. The zero-order valence-electron chi connectivity index (χ0n) is 21.9. The summed E-state index contributed by atoms with van der Waals surface area (Å²) >= 11 is 1.48. The molecule has 3 rings (SSSR count). The SMILES string of the molecule is CCOc1cccc2sc(N(CCN(CC)CC)C(=O)C=Cc3cc(OC)c(OC)c(OC)c3)nc12. The maximum Gasteiger partial charge on any atom is 0.252 e. The number of hydrogen-bond acceptors (Lipinski definition) is 8. The molecule has 1 amide bonds. The Labute approximate surface area is 217 Å². The third-order valence-electron chi connectivity index (χ3n) is 5.81. The van der Waals surface area contributed by atoms with Gasteiger partial charge in [0.1, 0.15) is 11.3 Å². The van der Waals surface area contributed by atoms with Crippen LogP contribution in [0, 0.1) is 0 Å². The van der Waals surface area contributed by atoms with Crippen molar-refractivity contribution < 1.29 is 23.7 Å². The first-order valence-electron chi connectivity index (χ1n) is 12.0. The van der Waals surface area contributed by atoms with Gasteiger partial charge in [0.2, 0.25) is 5.75 Å². The molecule has 36 heavy (non-hydrogen) atoms. The zero-order chi connectivity index (χ0) is 26.1. The van der Waals surface area contributed by atoms with Crippen LogP contribution in [0.3, 0.4) is 0 Å². The van der Waals surface area contributed by atoms with Gasteiger partial charge in [-0.25, -0.2) is 4.98 Å². The molecule has 0 spiro atoms. The van der Waals surface area contributed by atoms with Crippen LogP contribution < -0.4 is 23.8 Å². The van der Waals surface area contributed by atoms with Crippen LogP contribution >= 0.6 is 11.3 Å². The number of ether oxygens (including phenoxy) is 4. The average molecular weight is 514 g/mol. The van der Waals surface area contributed by atoms with Crippen LogP contribution in [0.1, 0.15) is 26.3 Å². The van der Waals surface area contributed by atoms with Crippen molar-refractivity contribution in [2.24, 2.45) is 0 Å². The van der Waals surface area contributed by atoms with Crippen LogP contribution in [0.25, 0.3) is 16.3 Å². The van der Waals surface area contributed by atoms with Crippen LogP contribution in [0.2, 0.25) is 0 Å². The van der Waals surface area contributed by atoms with E-state index in [1.54, 1.807) is 50.5 Å². The lowest BCUT2D eigenvalue weighted by molar-refractivity contribution is -0.114. The van der Waals surface area contributed by atoms with Gasteiger partial charge in [0.05, 0.1) is 32.6 Å². The summed E-state index contributed by atoms with van der Waals surface area (Å²) in [6.07, 6.45) is 3.30. The summed E-state index contributed by atoms with van der Waals surface area (Å²) in [7, 11) is 4.69. The monoisotopic (exact) mass is 513 g/mol. The van der Waals surface area contributed by atoms with Gasteiger partial charge in [-0.1, -0.05) is 31.3 Å². The quantitative estimate of drug-likeness (QED) is 0.294. The van der Waals surface area contributed by atoms with Crippen molar-refractivity contribution in [1.82, 2.24) is 9.88 Å². The summed E-state index contributed by atoms with van der Waals surface area (Å²) in [5.41, 5.74) is 1.53. The summed E-state index contributed by atoms with van der Waals surface area (Å²) in [5, 5.41) is 0.642. The average Bonchev–Trinajstić information content (AvgIpc) is 3.34. The fourth-order valence-corrected chi connectivity index (χ4v) is 4.85. The number of rotatable bonds is 13. The highest BCUT2D eigenvalue weighted by Gasteiger charge is 2.20. The minimum absolute atomic E-state index is 0.159. The van der Waals surface area contributed by atoms with E-state index in [1.807, 2.05) is 25.1 Å². The number of benzene rings is 2. The van der Waals surface area contributed by atoms with Crippen LogP contribution in [-0.2, 0) is 4.79 Å². The molecule has 0 saturated carbocycles. The molecule has 0 atom stereocenters. The highest BCUT2D eigenvalue weighted by atomic mass is 32.1. The highest BCUT2D eigenvalue weighted by Crippen LogP contribution is 2.39. The molecule has 9 heteroatoms. The van der Waals surface area contributed by atoms with Gasteiger partial charge in [-0.3, -0.25) is 9.69 Å². The van der Waals surface area contributed by atoms with Gasteiger partial charge in [0.15, 0.2) is 16.6 Å². The van der Waals surface area contributed by atoms with Crippen molar-refractivity contribution in [3.8, 4) is 23.0 Å². The summed E-state index contributed by atoms with van der Waals surface area (Å²) in [6, 6.07) is 9.45. The summed E-state index contributed by atoms with van der Waals surface area (Å²) in [4.78, 5) is 22.3. The second-order valence-electron chi connectivity index (χ2n) is 7.84. The molecule has 0 bridgehead atoms. The first-order chi connectivity index (χ1) is 17.5. The molecule has 8 nitrogen and oxygen atoms in total. The largest absolute Gasteiger partial charge is 0.493 e. The number of likely N-dealkylation sites (N-methyl/N-ethyl adjacent to an activating group) is 1. The Bertz CT molecular complexity index is 1160. The number of anilines is 1. The number of para-hydroxylation sites is 1. The first kappa shape index (κ1) is 27.3. The van der Waals surface area contributed by atoms with Crippen molar-refractivity contribution in [2.75, 3.05) is 59.0 Å². The summed E-state index contributed by atoms with van der Waals surface area (Å²) in [6.45, 7) is 9.81. The van der Waals surface area contributed by atoms with E-state index in [-0.39, 0.29) is 5.91 Å². The maximum atomic E-state index is 13.5. The molecule has 1 aromatic heterocycles. The van der Waals surface area contributed by atoms with Crippen LogP contribution in [-0.4, -0.2) is 69.9 Å². The molecule has 0 fully saturated rings.